The molecule has 0 unspecified atom stereocenters. The molecule has 0 saturated carbocycles. The smallest absolute Gasteiger partial charge is 0.264 e. The number of rotatable bonds is 5. The van der Waals surface area contributed by atoms with Crippen LogP contribution < -0.4 is 15.8 Å². The number of primary amides is 1. The Balaban J connectivity index is 1.53. The number of ether oxygens (including phenoxy) is 1. The fourth-order valence-corrected chi connectivity index (χ4v) is 3.64. The maximum Gasteiger partial charge on any atom is 0.264 e. The molecular weight excluding hydrogens is 402 g/mol. The minimum Gasteiger partial charge on any atom is -0.494 e. The van der Waals surface area contributed by atoms with Crippen molar-refractivity contribution < 1.29 is 18.7 Å². The first-order valence-electron chi connectivity index (χ1n) is 8.96. The molecule has 3 aromatic rings. The molecule has 0 atom stereocenters. The summed E-state index contributed by atoms with van der Waals surface area (Å²) in [5.74, 6) is 1.03. The first-order valence-corrected chi connectivity index (χ1v) is 9.78. The lowest BCUT2D eigenvalue weighted by atomic mass is 10.1. The highest BCUT2D eigenvalue weighted by Gasteiger charge is 2.24. The van der Waals surface area contributed by atoms with E-state index in [-0.39, 0.29) is 5.91 Å². The second-order valence-electron chi connectivity index (χ2n) is 6.30. The summed E-state index contributed by atoms with van der Waals surface area (Å²) in [6.45, 7) is 0. The van der Waals surface area contributed by atoms with Gasteiger partial charge in [-0.2, -0.15) is 0 Å². The number of amides is 2. The molecule has 0 spiro atoms. The van der Waals surface area contributed by atoms with E-state index in [0.717, 1.165) is 5.56 Å². The minimum absolute atomic E-state index is 0.252. The predicted octanol–water partition coefficient (Wildman–Crippen LogP) is 3.95. The maximum absolute atomic E-state index is 12.3. The fourth-order valence-electron chi connectivity index (χ4n) is 2.83. The standard InChI is InChI=1S/C22H17N3O4S/c1-28-18-5-3-2-4-16(18)24-22-25-21(27)19(30-22)12-15-10-11-17(29-15)13-6-8-14(9-7-13)20(23)26/h2-12H,1H3,(H2,23,26)(H,24,25,27)/b19-12+. The topological polar surface area (TPSA) is 107 Å². The number of benzene rings is 2. The summed E-state index contributed by atoms with van der Waals surface area (Å²) in [5, 5.41) is 3.21. The van der Waals surface area contributed by atoms with Gasteiger partial charge in [-0.05, 0) is 48.2 Å². The second kappa shape index (κ2) is 8.30. The number of furan rings is 1. The molecule has 1 saturated heterocycles. The third-order valence-electron chi connectivity index (χ3n) is 4.31. The van der Waals surface area contributed by atoms with Crippen molar-refractivity contribution in [3.63, 3.8) is 0 Å². The van der Waals surface area contributed by atoms with E-state index >= 15 is 0 Å². The highest BCUT2D eigenvalue weighted by Crippen LogP contribution is 2.32. The Bertz CT molecular complexity index is 1180. The number of nitrogens with one attached hydrogen (secondary N) is 1. The number of hydrogen-bond donors (Lipinski definition) is 2. The van der Waals surface area contributed by atoms with Crippen molar-refractivity contribution >= 4 is 40.5 Å². The summed E-state index contributed by atoms with van der Waals surface area (Å²) in [7, 11) is 1.57. The van der Waals surface area contributed by atoms with Gasteiger partial charge < -0.3 is 20.2 Å². The highest BCUT2D eigenvalue weighted by atomic mass is 32.2. The van der Waals surface area contributed by atoms with Gasteiger partial charge in [-0.1, -0.05) is 24.3 Å². The van der Waals surface area contributed by atoms with Gasteiger partial charge in [-0.25, -0.2) is 4.99 Å². The van der Waals surface area contributed by atoms with E-state index in [1.807, 2.05) is 18.2 Å². The highest BCUT2D eigenvalue weighted by molar-refractivity contribution is 8.18. The lowest BCUT2D eigenvalue weighted by molar-refractivity contribution is -0.115. The number of nitrogens with two attached hydrogens (primary N) is 1. The van der Waals surface area contributed by atoms with Gasteiger partial charge in [0.15, 0.2) is 5.17 Å². The lowest BCUT2D eigenvalue weighted by Crippen LogP contribution is -2.19. The number of methoxy groups -OCH3 is 1. The molecule has 2 heterocycles. The van der Waals surface area contributed by atoms with Crippen LogP contribution in [0.1, 0.15) is 16.1 Å². The number of amidine groups is 1. The first kappa shape index (κ1) is 19.5. The van der Waals surface area contributed by atoms with E-state index in [1.54, 1.807) is 55.7 Å². The Morgan fingerprint density at radius 1 is 1.13 bits per heavy atom. The van der Waals surface area contributed by atoms with E-state index in [9.17, 15) is 9.59 Å². The summed E-state index contributed by atoms with van der Waals surface area (Å²) in [5.41, 5.74) is 7.11. The zero-order chi connectivity index (χ0) is 21.1. The third-order valence-corrected chi connectivity index (χ3v) is 5.22. The Morgan fingerprint density at radius 2 is 1.90 bits per heavy atom. The van der Waals surface area contributed by atoms with Crippen LogP contribution >= 0.6 is 11.8 Å². The molecule has 30 heavy (non-hydrogen) atoms. The number of aliphatic imine (C=N–C) groups is 1. The molecule has 4 rings (SSSR count). The van der Waals surface area contributed by atoms with Crippen molar-refractivity contribution in [2.45, 2.75) is 0 Å². The van der Waals surface area contributed by atoms with Crippen LogP contribution in [0.2, 0.25) is 0 Å². The number of carbonyl (C=O) groups is 2. The summed E-state index contributed by atoms with van der Waals surface area (Å²) < 4.78 is 11.1. The van der Waals surface area contributed by atoms with E-state index in [0.29, 0.717) is 38.6 Å². The van der Waals surface area contributed by atoms with Crippen molar-refractivity contribution in [2.75, 3.05) is 7.11 Å². The van der Waals surface area contributed by atoms with E-state index < -0.39 is 5.91 Å². The molecule has 1 aliphatic rings. The van der Waals surface area contributed by atoms with Crippen LogP contribution in [0.4, 0.5) is 5.69 Å². The monoisotopic (exact) mass is 419 g/mol. The zero-order valence-electron chi connectivity index (χ0n) is 15.9. The van der Waals surface area contributed by atoms with Gasteiger partial charge in [0.2, 0.25) is 5.91 Å². The molecule has 7 nitrogen and oxygen atoms in total. The van der Waals surface area contributed by atoms with E-state index in [1.165, 1.54) is 11.8 Å². The molecule has 2 amide bonds. The molecule has 1 aliphatic heterocycles. The minimum atomic E-state index is -0.485. The molecule has 2 aromatic carbocycles. The molecule has 0 radical (unpaired) electrons. The number of para-hydroxylation sites is 2. The second-order valence-corrected chi connectivity index (χ2v) is 7.33. The molecule has 150 valence electrons. The van der Waals surface area contributed by atoms with Gasteiger partial charge in [0.1, 0.15) is 23.0 Å². The normalized spacial score (nSPS) is 16.1. The zero-order valence-corrected chi connectivity index (χ0v) is 16.7. The van der Waals surface area contributed by atoms with Crippen molar-refractivity contribution in [3.8, 4) is 17.1 Å². The van der Waals surface area contributed by atoms with Crippen LogP contribution in [0, 0.1) is 0 Å². The van der Waals surface area contributed by atoms with Gasteiger partial charge in [-0.3, -0.25) is 9.59 Å². The van der Waals surface area contributed by atoms with Crippen LogP contribution in [-0.4, -0.2) is 24.1 Å². The molecule has 1 fully saturated rings. The fraction of sp³-hybridized carbons (Fsp3) is 0.0455. The van der Waals surface area contributed by atoms with Crippen molar-refractivity contribution in [1.29, 1.82) is 0 Å². The Kier molecular flexibility index (Phi) is 5.40. The van der Waals surface area contributed by atoms with Gasteiger partial charge >= 0.3 is 0 Å². The summed E-state index contributed by atoms with van der Waals surface area (Å²) in [6.07, 6.45) is 1.66. The van der Waals surface area contributed by atoms with Crippen LogP contribution in [0.15, 0.2) is 75.0 Å². The quantitative estimate of drug-likeness (QED) is 0.609. The summed E-state index contributed by atoms with van der Waals surface area (Å²) in [6, 6.07) is 17.7. The van der Waals surface area contributed by atoms with Gasteiger partial charge in [0.05, 0.1) is 12.0 Å². The average molecular weight is 419 g/mol. The SMILES string of the molecule is COc1ccccc1N=C1NC(=O)/C(=C\c2ccc(-c3ccc(C(N)=O)cc3)o2)S1. The van der Waals surface area contributed by atoms with Crippen molar-refractivity contribution in [3.05, 3.63) is 76.9 Å². The first-order chi connectivity index (χ1) is 14.5. The van der Waals surface area contributed by atoms with Crippen molar-refractivity contribution in [2.24, 2.45) is 10.7 Å². The molecule has 0 aliphatic carbocycles. The Morgan fingerprint density at radius 3 is 2.63 bits per heavy atom. The summed E-state index contributed by atoms with van der Waals surface area (Å²) >= 11 is 1.22. The van der Waals surface area contributed by atoms with Gasteiger partial charge in [0.25, 0.3) is 5.91 Å². The van der Waals surface area contributed by atoms with Crippen LogP contribution in [0.25, 0.3) is 17.4 Å². The molecule has 1 aromatic heterocycles. The lowest BCUT2D eigenvalue weighted by Gasteiger charge is -2.03. The Labute approximate surface area is 176 Å². The number of nitrogens with zero attached hydrogens (tertiary/aromatic N) is 1. The molecule has 3 N–H and O–H groups in total. The van der Waals surface area contributed by atoms with Crippen LogP contribution in [-0.2, 0) is 4.79 Å². The van der Waals surface area contributed by atoms with Crippen LogP contribution in [0.3, 0.4) is 0 Å². The van der Waals surface area contributed by atoms with Crippen LogP contribution in [0.5, 0.6) is 5.75 Å². The van der Waals surface area contributed by atoms with E-state index in [2.05, 4.69) is 10.3 Å². The number of hydrogen-bond acceptors (Lipinski definition) is 6. The Hall–Kier alpha value is -3.78. The van der Waals surface area contributed by atoms with Gasteiger partial charge in [-0.15, -0.1) is 0 Å². The predicted molar refractivity (Wildman–Crippen MR) is 116 cm³/mol. The van der Waals surface area contributed by atoms with Crippen molar-refractivity contribution in [1.82, 2.24) is 5.32 Å². The molecular formula is C22H17N3O4S. The maximum atomic E-state index is 12.3. The average Bonchev–Trinajstić information content (AvgIpc) is 3.35. The van der Waals surface area contributed by atoms with E-state index in [4.69, 9.17) is 14.9 Å². The number of carbonyl (C=O) groups excluding carboxylic acids is 2. The molecule has 8 heteroatoms. The van der Waals surface area contributed by atoms with Gasteiger partial charge in [0, 0.05) is 17.2 Å². The molecule has 0 bridgehead atoms. The largest absolute Gasteiger partial charge is 0.494 e. The third kappa shape index (κ3) is 4.13. The summed E-state index contributed by atoms with van der Waals surface area (Å²) in [4.78, 5) is 28.4. The number of thioether (sulfide) groups is 1.